The number of nitrogens with one attached hydrogen (secondary N) is 3. The van der Waals surface area contributed by atoms with Crippen molar-refractivity contribution in [1.29, 1.82) is 0 Å². The van der Waals surface area contributed by atoms with Crippen LogP contribution in [0.3, 0.4) is 0 Å². The summed E-state index contributed by atoms with van der Waals surface area (Å²) in [6, 6.07) is 6.52. The van der Waals surface area contributed by atoms with Gasteiger partial charge in [0.1, 0.15) is 0 Å². The van der Waals surface area contributed by atoms with Crippen LogP contribution in [-0.2, 0) is 0 Å². The first kappa shape index (κ1) is 13.2. The van der Waals surface area contributed by atoms with Gasteiger partial charge in [0.2, 0.25) is 0 Å². The van der Waals surface area contributed by atoms with Gasteiger partial charge in [-0.2, -0.15) is 0 Å². The van der Waals surface area contributed by atoms with E-state index in [-0.39, 0.29) is 5.69 Å². The van der Waals surface area contributed by atoms with Crippen molar-refractivity contribution < 1.29 is 0 Å². The van der Waals surface area contributed by atoms with Crippen LogP contribution in [0.2, 0.25) is 0 Å². The van der Waals surface area contributed by atoms with E-state index in [9.17, 15) is 4.79 Å². The van der Waals surface area contributed by atoms with Crippen LogP contribution in [0.1, 0.15) is 26.2 Å². The molecule has 1 fully saturated rings. The highest BCUT2D eigenvalue weighted by Crippen LogP contribution is 2.19. The predicted molar refractivity (Wildman–Crippen MR) is 82.3 cm³/mol. The van der Waals surface area contributed by atoms with E-state index >= 15 is 0 Å². The highest BCUT2D eigenvalue weighted by atomic mass is 16.1. The van der Waals surface area contributed by atoms with Gasteiger partial charge in [0.25, 0.3) is 0 Å². The molecule has 1 aromatic carbocycles. The standard InChI is InChI=1S/C15H22N4O/c1-2-19-8-3-4-11(7-9-19)16-12-5-6-13-14(10-12)18-15(20)17-13/h5-6,10-11,16H,2-4,7-9H2,1H3,(H2,17,18,20). The molecule has 2 aromatic rings. The maximum atomic E-state index is 11.3. The molecule has 0 radical (unpaired) electrons. The molecule has 20 heavy (non-hydrogen) atoms. The first-order valence-corrected chi connectivity index (χ1v) is 7.45. The lowest BCUT2D eigenvalue weighted by Gasteiger charge is -2.19. The predicted octanol–water partition coefficient (Wildman–Crippen LogP) is 2.14. The fraction of sp³-hybridized carbons (Fsp3) is 0.533. The van der Waals surface area contributed by atoms with E-state index in [4.69, 9.17) is 0 Å². The van der Waals surface area contributed by atoms with Crippen molar-refractivity contribution in [2.75, 3.05) is 25.0 Å². The van der Waals surface area contributed by atoms with Crippen LogP contribution in [-0.4, -0.2) is 40.5 Å². The quantitative estimate of drug-likeness (QED) is 0.803. The summed E-state index contributed by atoms with van der Waals surface area (Å²) in [6.45, 7) is 5.74. The fourth-order valence-corrected chi connectivity index (χ4v) is 2.97. The van der Waals surface area contributed by atoms with E-state index in [2.05, 4.69) is 27.1 Å². The van der Waals surface area contributed by atoms with Crippen molar-refractivity contribution in [3.8, 4) is 0 Å². The van der Waals surface area contributed by atoms with Crippen LogP contribution in [0.25, 0.3) is 11.0 Å². The Morgan fingerprint density at radius 2 is 2.10 bits per heavy atom. The van der Waals surface area contributed by atoms with E-state index < -0.39 is 0 Å². The van der Waals surface area contributed by atoms with E-state index in [0.717, 1.165) is 29.8 Å². The van der Waals surface area contributed by atoms with Crippen LogP contribution in [0, 0.1) is 0 Å². The molecule has 0 amide bonds. The number of fused-ring (bicyclic) bond motifs is 1. The van der Waals surface area contributed by atoms with Gasteiger partial charge in [-0.05, 0) is 50.6 Å². The topological polar surface area (TPSA) is 63.9 Å². The lowest BCUT2D eigenvalue weighted by atomic mass is 10.1. The third-order valence-corrected chi connectivity index (χ3v) is 4.15. The highest BCUT2D eigenvalue weighted by molar-refractivity contribution is 5.78. The molecular formula is C15H22N4O. The number of benzene rings is 1. The Kier molecular flexibility index (Phi) is 3.78. The summed E-state index contributed by atoms with van der Waals surface area (Å²) < 4.78 is 0. The zero-order valence-corrected chi connectivity index (χ0v) is 11.9. The number of aromatic amines is 2. The van der Waals surface area contributed by atoms with Gasteiger partial charge in [0.05, 0.1) is 11.0 Å². The van der Waals surface area contributed by atoms with Gasteiger partial charge in [-0.3, -0.25) is 0 Å². The minimum atomic E-state index is -0.148. The molecule has 1 aliphatic heterocycles. The lowest BCUT2D eigenvalue weighted by molar-refractivity contribution is 0.300. The zero-order valence-electron chi connectivity index (χ0n) is 11.9. The Labute approximate surface area is 118 Å². The van der Waals surface area contributed by atoms with Crippen LogP contribution >= 0.6 is 0 Å². The maximum Gasteiger partial charge on any atom is 0.323 e. The summed E-state index contributed by atoms with van der Waals surface area (Å²) in [5.41, 5.74) is 2.66. The number of imidazole rings is 1. The fourth-order valence-electron chi connectivity index (χ4n) is 2.97. The molecule has 1 aromatic heterocycles. The number of hydrogen-bond acceptors (Lipinski definition) is 3. The number of anilines is 1. The van der Waals surface area contributed by atoms with Gasteiger partial charge >= 0.3 is 5.69 Å². The molecule has 0 aliphatic carbocycles. The van der Waals surface area contributed by atoms with Gasteiger partial charge < -0.3 is 20.2 Å². The first-order chi connectivity index (χ1) is 9.74. The molecule has 3 rings (SSSR count). The molecule has 2 heterocycles. The monoisotopic (exact) mass is 274 g/mol. The van der Waals surface area contributed by atoms with E-state index in [0.29, 0.717) is 6.04 Å². The smallest absolute Gasteiger partial charge is 0.323 e. The molecule has 1 aliphatic rings. The summed E-state index contributed by atoms with van der Waals surface area (Å²) in [7, 11) is 0. The van der Waals surface area contributed by atoms with E-state index in [1.54, 1.807) is 0 Å². The Balaban J connectivity index is 1.70. The number of rotatable bonds is 3. The zero-order chi connectivity index (χ0) is 13.9. The van der Waals surface area contributed by atoms with Gasteiger partial charge in [-0.1, -0.05) is 6.92 Å². The molecule has 0 spiro atoms. The number of likely N-dealkylation sites (tertiary alicyclic amines) is 1. The van der Waals surface area contributed by atoms with Gasteiger partial charge in [0.15, 0.2) is 0 Å². The van der Waals surface area contributed by atoms with Crippen molar-refractivity contribution >= 4 is 16.7 Å². The molecule has 0 saturated carbocycles. The van der Waals surface area contributed by atoms with Gasteiger partial charge in [-0.15, -0.1) is 0 Å². The second kappa shape index (κ2) is 5.71. The molecule has 5 heteroatoms. The normalized spacial score (nSPS) is 20.9. The Bertz CT molecular complexity index is 630. The molecule has 1 unspecified atom stereocenters. The largest absolute Gasteiger partial charge is 0.382 e. The number of nitrogens with zero attached hydrogens (tertiary/aromatic N) is 1. The van der Waals surface area contributed by atoms with Crippen molar-refractivity contribution in [2.24, 2.45) is 0 Å². The van der Waals surface area contributed by atoms with E-state index in [1.165, 1.54) is 25.8 Å². The molecular weight excluding hydrogens is 252 g/mol. The highest BCUT2D eigenvalue weighted by Gasteiger charge is 2.15. The summed E-state index contributed by atoms with van der Waals surface area (Å²) in [5, 5.41) is 3.60. The summed E-state index contributed by atoms with van der Waals surface area (Å²) in [6.07, 6.45) is 3.63. The molecule has 3 N–H and O–H groups in total. The third kappa shape index (κ3) is 2.88. The molecule has 0 bridgehead atoms. The van der Waals surface area contributed by atoms with Crippen molar-refractivity contribution in [3.05, 3.63) is 28.7 Å². The molecule has 1 atom stereocenters. The number of aromatic nitrogens is 2. The maximum absolute atomic E-state index is 11.3. The average Bonchev–Trinajstić information content (AvgIpc) is 2.66. The van der Waals surface area contributed by atoms with Gasteiger partial charge in [0, 0.05) is 18.3 Å². The molecule has 5 nitrogen and oxygen atoms in total. The first-order valence-electron chi connectivity index (χ1n) is 7.45. The SMILES string of the molecule is CCN1CCCC(Nc2ccc3[nH]c(=O)[nH]c3c2)CC1. The van der Waals surface area contributed by atoms with Crippen molar-refractivity contribution in [1.82, 2.24) is 14.9 Å². The lowest BCUT2D eigenvalue weighted by Crippen LogP contribution is -2.26. The molecule has 1 saturated heterocycles. The average molecular weight is 274 g/mol. The van der Waals surface area contributed by atoms with Crippen LogP contribution in [0.5, 0.6) is 0 Å². The minimum Gasteiger partial charge on any atom is -0.382 e. The second-order valence-electron chi connectivity index (χ2n) is 5.55. The van der Waals surface area contributed by atoms with Crippen molar-refractivity contribution in [2.45, 2.75) is 32.2 Å². The Morgan fingerprint density at radius 1 is 1.25 bits per heavy atom. The van der Waals surface area contributed by atoms with Crippen LogP contribution in [0.4, 0.5) is 5.69 Å². The second-order valence-corrected chi connectivity index (χ2v) is 5.55. The Morgan fingerprint density at radius 3 is 2.95 bits per heavy atom. The number of hydrogen-bond donors (Lipinski definition) is 3. The Hall–Kier alpha value is -1.75. The van der Waals surface area contributed by atoms with Gasteiger partial charge in [-0.25, -0.2) is 4.79 Å². The molecule has 108 valence electrons. The number of H-pyrrole nitrogens is 2. The third-order valence-electron chi connectivity index (χ3n) is 4.15. The van der Waals surface area contributed by atoms with E-state index in [1.807, 2.05) is 18.2 Å². The minimum absolute atomic E-state index is 0.148. The summed E-state index contributed by atoms with van der Waals surface area (Å²) in [5.74, 6) is 0. The summed E-state index contributed by atoms with van der Waals surface area (Å²) >= 11 is 0. The van der Waals surface area contributed by atoms with Crippen molar-refractivity contribution in [3.63, 3.8) is 0 Å². The van der Waals surface area contributed by atoms with Crippen LogP contribution in [0.15, 0.2) is 23.0 Å². The summed E-state index contributed by atoms with van der Waals surface area (Å²) in [4.78, 5) is 19.3. The van der Waals surface area contributed by atoms with Crippen LogP contribution < -0.4 is 11.0 Å².